The molecule has 22 heavy (non-hydrogen) atoms. The van der Waals surface area contributed by atoms with Crippen LogP contribution in [0.25, 0.3) is 0 Å². The highest BCUT2D eigenvalue weighted by molar-refractivity contribution is 6.02. The molecule has 8 heteroatoms. The van der Waals surface area contributed by atoms with Crippen molar-refractivity contribution >= 4 is 11.9 Å². The number of anilines is 1. The molecule has 0 aromatic carbocycles. The van der Waals surface area contributed by atoms with Gasteiger partial charge in [0.15, 0.2) is 0 Å². The summed E-state index contributed by atoms with van der Waals surface area (Å²) in [5, 5.41) is 11.2. The van der Waals surface area contributed by atoms with Crippen LogP contribution in [0.4, 0.5) is 5.95 Å². The molecule has 3 rings (SSSR count). The van der Waals surface area contributed by atoms with E-state index in [4.69, 9.17) is 0 Å². The van der Waals surface area contributed by atoms with Crippen molar-refractivity contribution in [2.24, 2.45) is 0 Å². The zero-order valence-corrected chi connectivity index (χ0v) is 12.9. The Balaban J connectivity index is 1.58. The summed E-state index contributed by atoms with van der Waals surface area (Å²) in [6.07, 6.45) is 8.53. The van der Waals surface area contributed by atoms with E-state index in [1.54, 1.807) is 23.4 Å². The third-order valence-corrected chi connectivity index (χ3v) is 3.85. The Morgan fingerprint density at radius 1 is 1.45 bits per heavy atom. The van der Waals surface area contributed by atoms with Crippen molar-refractivity contribution in [3.05, 3.63) is 24.3 Å². The van der Waals surface area contributed by atoms with Gasteiger partial charge in [-0.25, -0.2) is 9.67 Å². The van der Waals surface area contributed by atoms with Gasteiger partial charge in [-0.15, -0.1) is 5.10 Å². The summed E-state index contributed by atoms with van der Waals surface area (Å²) in [5.41, 5.74) is 0.538. The summed E-state index contributed by atoms with van der Waals surface area (Å²) in [6.45, 7) is 1.60. The van der Waals surface area contributed by atoms with Gasteiger partial charge in [-0.05, 0) is 33.4 Å². The highest BCUT2D eigenvalue weighted by atomic mass is 16.1. The van der Waals surface area contributed by atoms with Crippen LogP contribution < -0.4 is 5.32 Å². The molecule has 1 saturated carbocycles. The quantitative estimate of drug-likeness (QED) is 0.861. The van der Waals surface area contributed by atoms with Gasteiger partial charge in [0.1, 0.15) is 6.33 Å². The van der Waals surface area contributed by atoms with Crippen LogP contribution in [0, 0.1) is 0 Å². The Bertz CT molecular complexity index is 641. The smallest absolute Gasteiger partial charge is 0.261 e. The van der Waals surface area contributed by atoms with E-state index in [9.17, 15) is 4.79 Å². The maximum atomic E-state index is 12.2. The Morgan fingerprint density at radius 2 is 2.27 bits per heavy atom. The lowest BCUT2D eigenvalue weighted by Gasteiger charge is -2.25. The molecule has 0 saturated heterocycles. The van der Waals surface area contributed by atoms with E-state index in [-0.39, 0.29) is 5.91 Å². The number of likely N-dealkylation sites (N-methyl/N-ethyl adjacent to an activating group) is 1. The van der Waals surface area contributed by atoms with Gasteiger partial charge in [-0.3, -0.25) is 14.8 Å². The minimum atomic E-state index is -0.226. The second-order valence-corrected chi connectivity index (χ2v) is 5.88. The molecule has 0 radical (unpaired) electrons. The molecule has 0 unspecified atom stereocenters. The number of hydrogen-bond acceptors (Lipinski definition) is 5. The minimum absolute atomic E-state index is 0.226. The molecule has 8 nitrogen and oxygen atoms in total. The molecule has 1 aliphatic rings. The zero-order chi connectivity index (χ0) is 15.5. The highest BCUT2D eigenvalue weighted by Crippen LogP contribution is 2.30. The highest BCUT2D eigenvalue weighted by Gasteiger charge is 2.21. The number of carbonyl (C=O) groups excluding carboxylic acids is 1. The first-order valence-electron chi connectivity index (χ1n) is 7.51. The summed E-state index contributed by atoms with van der Waals surface area (Å²) in [4.78, 5) is 18.3. The second kappa shape index (κ2) is 6.27. The third kappa shape index (κ3) is 3.33. The molecular formula is C14H21N7O. The number of nitrogens with zero attached hydrogens (tertiary/aromatic N) is 6. The van der Waals surface area contributed by atoms with Crippen molar-refractivity contribution in [3.63, 3.8) is 0 Å². The fraction of sp³-hybridized carbons (Fsp3) is 0.571. The molecule has 2 aromatic heterocycles. The molecule has 1 fully saturated rings. The summed E-state index contributed by atoms with van der Waals surface area (Å²) < 4.78 is 3.59. The van der Waals surface area contributed by atoms with E-state index in [0.717, 1.165) is 25.9 Å². The van der Waals surface area contributed by atoms with Gasteiger partial charge in [0.25, 0.3) is 5.91 Å². The number of amides is 1. The van der Waals surface area contributed by atoms with Gasteiger partial charge in [0, 0.05) is 12.7 Å². The van der Waals surface area contributed by atoms with Crippen molar-refractivity contribution in [1.82, 2.24) is 29.4 Å². The van der Waals surface area contributed by atoms with Crippen molar-refractivity contribution in [2.75, 3.05) is 26.0 Å². The standard InChI is InChI=1S/C14H21N7O/c1-19(2)6-7-20-10-15-14(18-20)17-13(22)11-8-16-21(9-11)12-4-3-5-12/h8-10,12H,3-7H2,1-2H3,(H,17,18,22). The van der Waals surface area contributed by atoms with E-state index in [1.807, 2.05) is 18.8 Å². The van der Waals surface area contributed by atoms with E-state index >= 15 is 0 Å². The SMILES string of the molecule is CN(C)CCn1cnc(NC(=O)c2cnn(C3CCC3)c2)n1. The van der Waals surface area contributed by atoms with Crippen molar-refractivity contribution in [1.29, 1.82) is 0 Å². The minimum Gasteiger partial charge on any atom is -0.308 e. The predicted molar refractivity (Wildman–Crippen MR) is 81.6 cm³/mol. The number of carbonyl (C=O) groups is 1. The summed E-state index contributed by atoms with van der Waals surface area (Å²) in [7, 11) is 4.00. The van der Waals surface area contributed by atoms with Crippen LogP contribution in [-0.4, -0.2) is 56.0 Å². The van der Waals surface area contributed by atoms with E-state index < -0.39 is 0 Å². The first kappa shape index (κ1) is 14.7. The van der Waals surface area contributed by atoms with Gasteiger partial charge < -0.3 is 4.90 Å². The molecule has 0 bridgehead atoms. The molecule has 118 valence electrons. The average Bonchev–Trinajstić information content (AvgIpc) is 3.04. The maximum absolute atomic E-state index is 12.2. The summed E-state index contributed by atoms with van der Waals surface area (Å²) in [6, 6.07) is 0.449. The Kier molecular flexibility index (Phi) is 4.19. The molecule has 2 aromatic rings. The number of rotatable bonds is 6. The summed E-state index contributed by atoms with van der Waals surface area (Å²) in [5.74, 6) is 0.0936. The Hall–Kier alpha value is -2.22. The van der Waals surface area contributed by atoms with Crippen LogP contribution in [0.15, 0.2) is 18.7 Å². The van der Waals surface area contributed by atoms with Crippen LogP contribution in [0.1, 0.15) is 35.7 Å². The Labute approximate surface area is 129 Å². The van der Waals surface area contributed by atoms with Gasteiger partial charge in [-0.2, -0.15) is 5.10 Å². The van der Waals surface area contributed by atoms with E-state index in [1.165, 1.54) is 6.42 Å². The van der Waals surface area contributed by atoms with Crippen molar-refractivity contribution < 1.29 is 4.79 Å². The first-order valence-corrected chi connectivity index (χ1v) is 7.51. The Morgan fingerprint density at radius 3 is 2.95 bits per heavy atom. The second-order valence-electron chi connectivity index (χ2n) is 5.88. The van der Waals surface area contributed by atoms with Gasteiger partial charge in [-0.1, -0.05) is 0 Å². The van der Waals surface area contributed by atoms with Gasteiger partial charge >= 0.3 is 0 Å². The molecule has 1 aliphatic carbocycles. The molecule has 0 atom stereocenters. The lowest BCUT2D eigenvalue weighted by atomic mass is 9.93. The topological polar surface area (TPSA) is 80.9 Å². The molecule has 0 spiro atoms. The van der Waals surface area contributed by atoms with Crippen molar-refractivity contribution in [2.45, 2.75) is 31.8 Å². The van der Waals surface area contributed by atoms with E-state index in [0.29, 0.717) is 17.6 Å². The molecule has 0 aliphatic heterocycles. The number of hydrogen-bond donors (Lipinski definition) is 1. The average molecular weight is 303 g/mol. The third-order valence-electron chi connectivity index (χ3n) is 3.85. The van der Waals surface area contributed by atoms with Gasteiger partial charge in [0.05, 0.1) is 24.3 Å². The largest absolute Gasteiger partial charge is 0.308 e. The monoisotopic (exact) mass is 303 g/mol. The maximum Gasteiger partial charge on any atom is 0.261 e. The predicted octanol–water partition coefficient (Wildman–Crippen LogP) is 1.01. The van der Waals surface area contributed by atoms with Crippen LogP contribution in [-0.2, 0) is 6.54 Å². The van der Waals surface area contributed by atoms with Gasteiger partial charge in [0.2, 0.25) is 5.95 Å². The first-order chi connectivity index (χ1) is 10.6. The fourth-order valence-corrected chi connectivity index (χ4v) is 2.24. The van der Waals surface area contributed by atoms with Crippen molar-refractivity contribution in [3.8, 4) is 0 Å². The molecule has 1 N–H and O–H groups in total. The van der Waals surface area contributed by atoms with Crippen LogP contribution in [0.2, 0.25) is 0 Å². The van der Waals surface area contributed by atoms with Crippen LogP contribution in [0.5, 0.6) is 0 Å². The van der Waals surface area contributed by atoms with E-state index in [2.05, 4.69) is 25.4 Å². The lowest BCUT2D eigenvalue weighted by Crippen LogP contribution is -2.19. The zero-order valence-electron chi connectivity index (χ0n) is 12.9. The molecule has 2 heterocycles. The normalized spacial score (nSPS) is 15.0. The lowest BCUT2D eigenvalue weighted by molar-refractivity contribution is 0.102. The van der Waals surface area contributed by atoms with Crippen LogP contribution in [0.3, 0.4) is 0 Å². The number of nitrogens with one attached hydrogen (secondary N) is 1. The fourth-order valence-electron chi connectivity index (χ4n) is 2.24. The molecular weight excluding hydrogens is 282 g/mol. The summed E-state index contributed by atoms with van der Waals surface area (Å²) >= 11 is 0. The number of aromatic nitrogens is 5. The molecule has 1 amide bonds. The van der Waals surface area contributed by atoms with Crippen LogP contribution >= 0.6 is 0 Å².